The van der Waals surface area contributed by atoms with Crippen molar-refractivity contribution in [2.45, 2.75) is 19.4 Å². The van der Waals surface area contributed by atoms with Crippen LogP contribution in [0.5, 0.6) is 0 Å². The van der Waals surface area contributed by atoms with Crippen LogP contribution in [0.1, 0.15) is 28.9 Å². The predicted octanol–water partition coefficient (Wildman–Crippen LogP) is 3.69. The number of halogens is 1. The molecule has 7 heteroatoms. The first-order valence-electron chi connectivity index (χ1n) is 10.0. The first-order chi connectivity index (χ1) is 14.6. The van der Waals surface area contributed by atoms with E-state index >= 15 is 0 Å². The van der Waals surface area contributed by atoms with Gasteiger partial charge < -0.3 is 14.8 Å². The molecule has 6 nitrogen and oxygen atoms in total. The first kappa shape index (κ1) is 20.2. The summed E-state index contributed by atoms with van der Waals surface area (Å²) in [5.74, 6) is -0.110. The number of hydrogen-bond donors (Lipinski definition) is 1. The minimum Gasteiger partial charge on any atom is -0.352 e. The maximum atomic E-state index is 13.0. The molecule has 1 aliphatic heterocycles. The molecule has 0 saturated carbocycles. The molecular weight excluding hydrogens is 400 g/mol. The van der Waals surface area contributed by atoms with Crippen molar-refractivity contribution in [1.29, 1.82) is 0 Å². The summed E-state index contributed by atoms with van der Waals surface area (Å²) in [6.07, 6.45) is 6.59. The average molecular weight is 423 g/mol. The van der Waals surface area contributed by atoms with E-state index in [9.17, 15) is 9.59 Å². The number of nitrogens with zero attached hydrogens (tertiary/aromatic N) is 3. The Morgan fingerprint density at radius 3 is 2.60 bits per heavy atom. The number of amides is 2. The van der Waals surface area contributed by atoms with Gasteiger partial charge in [-0.3, -0.25) is 14.6 Å². The van der Waals surface area contributed by atoms with E-state index in [1.54, 1.807) is 12.4 Å². The van der Waals surface area contributed by atoms with Gasteiger partial charge in [0.1, 0.15) is 5.69 Å². The second-order valence-corrected chi connectivity index (χ2v) is 7.76. The summed E-state index contributed by atoms with van der Waals surface area (Å²) in [7, 11) is 0. The molecule has 2 aromatic heterocycles. The molecule has 1 aliphatic rings. The van der Waals surface area contributed by atoms with Gasteiger partial charge >= 0.3 is 0 Å². The van der Waals surface area contributed by atoms with Crippen LogP contribution in [-0.4, -0.2) is 39.4 Å². The van der Waals surface area contributed by atoms with E-state index < -0.39 is 0 Å². The van der Waals surface area contributed by atoms with E-state index in [-0.39, 0.29) is 17.7 Å². The molecule has 2 amide bonds. The minimum absolute atomic E-state index is 0.0146. The van der Waals surface area contributed by atoms with Crippen molar-refractivity contribution in [2.75, 3.05) is 13.1 Å². The van der Waals surface area contributed by atoms with E-state index in [2.05, 4.69) is 10.3 Å². The maximum absolute atomic E-state index is 13.0. The van der Waals surface area contributed by atoms with Crippen LogP contribution in [0.25, 0.3) is 5.69 Å². The number of nitrogens with one attached hydrogen (secondary N) is 1. The molecule has 3 heterocycles. The highest BCUT2D eigenvalue weighted by Gasteiger charge is 2.29. The minimum atomic E-state index is -0.0957. The molecule has 154 valence electrons. The SMILES string of the molecule is O=C(NCc1ccccc1Cl)C1CCN(C(=O)c2cccn2-c2cccnc2)CC1. The van der Waals surface area contributed by atoms with Gasteiger partial charge in [0.2, 0.25) is 5.91 Å². The fourth-order valence-corrected chi connectivity index (χ4v) is 3.95. The van der Waals surface area contributed by atoms with Crippen molar-refractivity contribution in [3.63, 3.8) is 0 Å². The number of pyridine rings is 1. The monoisotopic (exact) mass is 422 g/mol. The number of carbonyl (C=O) groups excluding carboxylic acids is 2. The van der Waals surface area contributed by atoms with Crippen LogP contribution in [0.3, 0.4) is 0 Å². The van der Waals surface area contributed by atoms with E-state index in [1.165, 1.54) is 0 Å². The van der Waals surface area contributed by atoms with Gasteiger partial charge in [0.15, 0.2) is 0 Å². The lowest BCUT2D eigenvalue weighted by Gasteiger charge is -2.31. The standard InChI is InChI=1S/C23H23ClN4O2/c24-20-7-2-1-5-18(20)15-26-22(29)17-9-13-27(14-10-17)23(30)21-8-4-12-28(21)19-6-3-11-25-16-19/h1-8,11-12,16-17H,9-10,13-15H2,(H,26,29). The molecule has 0 atom stereocenters. The molecule has 3 aromatic rings. The van der Waals surface area contributed by atoms with E-state index in [0.29, 0.717) is 43.2 Å². The summed E-state index contributed by atoms with van der Waals surface area (Å²) in [5, 5.41) is 3.62. The fraction of sp³-hybridized carbons (Fsp3) is 0.261. The van der Waals surface area contributed by atoms with Crippen LogP contribution < -0.4 is 5.32 Å². The molecule has 0 unspecified atom stereocenters. The number of rotatable bonds is 5. The second-order valence-electron chi connectivity index (χ2n) is 7.35. The maximum Gasteiger partial charge on any atom is 0.270 e. The van der Waals surface area contributed by atoms with Gasteiger partial charge in [-0.25, -0.2) is 0 Å². The Hall–Kier alpha value is -3.12. The molecule has 4 rings (SSSR count). The zero-order valence-electron chi connectivity index (χ0n) is 16.5. The Labute approximate surface area is 180 Å². The Morgan fingerprint density at radius 1 is 1.07 bits per heavy atom. The molecule has 0 radical (unpaired) electrons. The van der Waals surface area contributed by atoms with Gasteiger partial charge in [-0.15, -0.1) is 0 Å². The lowest BCUT2D eigenvalue weighted by Crippen LogP contribution is -2.43. The summed E-state index contributed by atoms with van der Waals surface area (Å²) in [6.45, 7) is 1.53. The van der Waals surface area contributed by atoms with Gasteiger partial charge in [-0.05, 0) is 48.7 Å². The molecule has 0 spiro atoms. The second kappa shape index (κ2) is 9.13. The molecule has 1 aromatic carbocycles. The summed E-state index contributed by atoms with van der Waals surface area (Å²) < 4.78 is 1.84. The van der Waals surface area contributed by atoms with Crippen molar-refractivity contribution in [2.24, 2.45) is 5.92 Å². The quantitative estimate of drug-likeness (QED) is 0.681. The van der Waals surface area contributed by atoms with Gasteiger partial charge in [0, 0.05) is 43.0 Å². The smallest absolute Gasteiger partial charge is 0.270 e. The number of piperidine rings is 1. The molecule has 1 fully saturated rings. The van der Waals surface area contributed by atoms with Crippen molar-refractivity contribution in [1.82, 2.24) is 19.8 Å². The van der Waals surface area contributed by atoms with Gasteiger partial charge in [-0.2, -0.15) is 0 Å². The highest BCUT2D eigenvalue weighted by Crippen LogP contribution is 2.21. The van der Waals surface area contributed by atoms with Crippen LogP contribution in [0, 0.1) is 5.92 Å². The molecule has 0 aliphatic carbocycles. The van der Waals surface area contributed by atoms with E-state index in [0.717, 1.165) is 11.3 Å². The van der Waals surface area contributed by atoms with Crippen LogP contribution in [0.4, 0.5) is 0 Å². The molecule has 1 N–H and O–H groups in total. The third-order valence-electron chi connectivity index (χ3n) is 5.46. The normalized spacial score (nSPS) is 14.5. The number of carbonyl (C=O) groups is 2. The fourth-order valence-electron chi connectivity index (χ4n) is 3.75. The molecule has 1 saturated heterocycles. The summed E-state index contributed by atoms with van der Waals surface area (Å²) in [4.78, 5) is 31.6. The number of aromatic nitrogens is 2. The third kappa shape index (κ3) is 4.39. The average Bonchev–Trinajstić information content (AvgIpc) is 3.28. The summed E-state index contributed by atoms with van der Waals surface area (Å²) in [6, 6.07) is 14.9. The first-order valence-corrected chi connectivity index (χ1v) is 10.4. The molecule has 0 bridgehead atoms. The van der Waals surface area contributed by atoms with E-state index in [4.69, 9.17) is 11.6 Å². The summed E-state index contributed by atoms with van der Waals surface area (Å²) in [5.41, 5.74) is 2.35. The van der Waals surface area contributed by atoms with Crippen molar-refractivity contribution < 1.29 is 9.59 Å². The highest BCUT2D eigenvalue weighted by molar-refractivity contribution is 6.31. The zero-order valence-corrected chi connectivity index (χ0v) is 17.3. The predicted molar refractivity (Wildman–Crippen MR) is 115 cm³/mol. The third-order valence-corrected chi connectivity index (χ3v) is 5.82. The largest absolute Gasteiger partial charge is 0.352 e. The van der Waals surface area contributed by atoms with Gasteiger partial charge in [0.25, 0.3) is 5.91 Å². The Balaban J connectivity index is 1.34. The Kier molecular flexibility index (Phi) is 6.14. The number of benzene rings is 1. The van der Waals surface area contributed by atoms with Crippen molar-refractivity contribution in [3.8, 4) is 5.69 Å². The lowest BCUT2D eigenvalue weighted by molar-refractivity contribution is -0.126. The highest BCUT2D eigenvalue weighted by atomic mass is 35.5. The summed E-state index contributed by atoms with van der Waals surface area (Å²) >= 11 is 6.15. The van der Waals surface area contributed by atoms with Crippen molar-refractivity contribution in [3.05, 3.63) is 83.4 Å². The van der Waals surface area contributed by atoms with Crippen molar-refractivity contribution >= 4 is 23.4 Å². The van der Waals surface area contributed by atoms with E-state index in [1.807, 2.05) is 64.2 Å². The molecule has 30 heavy (non-hydrogen) atoms. The topological polar surface area (TPSA) is 67.2 Å². The number of hydrogen-bond acceptors (Lipinski definition) is 3. The van der Waals surface area contributed by atoms with Gasteiger partial charge in [0.05, 0.1) is 11.9 Å². The lowest BCUT2D eigenvalue weighted by atomic mass is 9.95. The van der Waals surface area contributed by atoms with Crippen LogP contribution in [0.15, 0.2) is 67.1 Å². The molecular formula is C23H23ClN4O2. The Morgan fingerprint density at radius 2 is 1.87 bits per heavy atom. The Bertz CT molecular complexity index is 1030. The van der Waals surface area contributed by atoms with Crippen LogP contribution in [0.2, 0.25) is 5.02 Å². The van der Waals surface area contributed by atoms with Crippen LogP contribution in [-0.2, 0) is 11.3 Å². The van der Waals surface area contributed by atoms with Crippen LogP contribution >= 0.6 is 11.6 Å². The van der Waals surface area contributed by atoms with Gasteiger partial charge in [-0.1, -0.05) is 29.8 Å². The number of likely N-dealkylation sites (tertiary alicyclic amines) is 1. The zero-order chi connectivity index (χ0) is 20.9.